The first-order chi connectivity index (χ1) is 21.8. The summed E-state index contributed by atoms with van der Waals surface area (Å²) in [6.45, 7) is 4.89. The van der Waals surface area contributed by atoms with Gasteiger partial charge in [0.1, 0.15) is 23.2 Å². The number of aliphatic hydroxyl groups excluding tert-OH is 1. The van der Waals surface area contributed by atoms with Crippen LogP contribution in [0.1, 0.15) is 29.8 Å². The number of ether oxygens (including phenoxy) is 5. The normalized spacial score (nSPS) is 20.6. The monoisotopic (exact) mass is 634 g/mol. The maximum atomic E-state index is 13.2. The lowest BCUT2D eigenvalue weighted by Gasteiger charge is -2.47. The van der Waals surface area contributed by atoms with Gasteiger partial charge in [0.15, 0.2) is 23.6 Å². The molecule has 0 saturated carbocycles. The van der Waals surface area contributed by atoms with E-state index >= 15 is 0 Å². The average Bonchev–Trinajstić information content (AvgIpc) is 3.02. The van der Waals surface area contributed by atoms with Crippen LogP contribution < -0.4 is 26.1 Å². The molecule has 1 aliphatic rings. The smallest absolute Gasteiger partial charge is 0.404 e. The summed E-state index contributed by atoms with van der Waals surface area (Å²) in [5.74, 6) is -0.316. The third kappa shape index (κ3) is 6.20. The van der Waals surface area contributed by atoms with E-state index in [2.05, 4.69) is 5.32 Å². The first-order valence-corrected chi connectivity index (χ1v) is 14.2. The summed E-state index contributed by atoms with van der Waals surface area (Å²) in [4.78, 5) is 37.8. The molecule has 1 aliphatic heterocycles. The zero-order valence-electron chi connectivity index (χ0n) is 25.7. The van der Waals surface area contributed by atoms with E-state index in [1.54, 1.807) is 58.2 Å². The van der Waals surface area contributed by atoms with E-state index in [9.17, 15) is 24.6 Å². The van der Waals surface area contributed by atoms with Crippen LogP contribution in [0.4, 0.5) is 10.5 Å². The summed E-state index contributed by atoms with van der Waals surface area (Å²) in [5, 5.41) is 24.6. The summed E-state index contributed by atoms with van der Waals surface area (Å²) < 4.78 is 33.2. The fourth-order valence-corrected chi connectivity index (χ4v) is 5.48. The van der Waals surface area contributed by atoms with Crippen molar-refractivity contribution in [3.63, 3.8) is 0 Å². The van der Waals surface area contributed by atoms with Crippen molar-refractivity contribution in [1.82, 2.24) is 0 Å². The lowest BCUT2D eigenvalue weighted by molar-refractivity contribution is -0.304. The number of primary amides is 1. The maximum Gasteiger partial charge on any atom is 0.404 e. The molecule has 46 heavy (non-hydrogen) atoms. The molecule has 5 N–H and O–H groups in total. The van der Waals surface area contributed by atoms with Crippen LogP contribution >= 0.6 is 0 Å². The number of hydrogen-bond donors (Lipinski definition) is 4. The van der Waals surface area contributed by atoms with Crippen molar-refractivity contribution >= 4 is 28.7 Å². The largest absolute Gasteiger partial charge is 0.505 e. The summed E-state index contributed by atoms with van der Waals surface area (Å²) >= 11 is 0. The third-order valence-electron chi connectivity index (χ3n) is 7.80. The van der Waals surface area contributed by atoms with Crippen LogP contribution in [0.5, 0.6) is 17.2 Å². The molecule has 2 amide bonds. The molecule has 13 nitrogen and oxygen atoms in total. The molecule has 0 aliphatic carbocycles. The Labute approximate surface area is 263 Å². The van der Waals surface area contributed by atoms with Crippen LogP contribution in [0.15, 0.2) is 69.9 Å². The average molecular weight is 635 g/mol. The number of methoxy groups -OCH3 is 2. The quantitative estimate of drug-likeness (QED) is 0.204. The van der Waals surface area contributed by atoms with Gasteiger partial charge >= 0.3 is 11.7 Å². The molecular formula is C33H34N2O11. The third-order valence-corrected chi connectivity index (χ3v) is 7.80. The molecule has 13 heteroatoms. The number of hydrogen-bond acceptors (Lipinski definition) is 11. The number of rotatable bonds is 8. The number of carbonyl (C=O) groups excluding carboxylic acids is 2. The van der Waals surface area contributed by atoms with Crippen LogP contribution in [-0.2, 0) is 14.2 Å². The van der Waals surface area contributed by atoms with Crippen molar-refractivity contribution in [2.45, 2.75) is 51.0 Å². The van der Waals surface area contributed by atoms with Crippen LogP contribution in [0.2, 0.25) is 0 Å². The van der Waals surface area contributed by atoms with Gasteiger partial charge in [0.25, 0.3) is 5.91 Å². The van der Waals surface area contributed by atoms with Crippen molar-refractivity contribution in [3.05, 3.63) is 82.2 Å². The van der Waals surface area contributed by atoms with Crippen molar-refractivity contribution in [2.24, 2.45) is 5.73 Å². The molecule has 4 atom stereocenters. The summed E-state index contributed by atoms with van der Waals surface area (Å²) in [7, 11) is 2.95. The Morgan fingerprint density at radius 3 is 2.39 bits per heavy atom. The van der Waals surface area contributed by atoms with Crippen LogP contribution in [0, 0.1) is 6.92 Å². The highest BCUT2D eigenvalue weighted by Crippen LogP contribution is 2.38. The Kier molecular flexibility index (Phi) is 8.92. The lowest BCUT2D eigenvalue weighted by Crippen LogP contribution is -2.65. The Balaban J connectivity index is 1.41. The van der Waals surface area contributed by atoms with E-state index in [0.717, 1.165) is 11.1 Å². The minimum atomic E-state index is -1.51. The Hall–Kier alpha value is -5.11. The SMILES string of the molecule is COc1ccc(-c2cccc(C(=O)Nc3c(O)c4ccc(O[C@@H]5OC(C)(C)[C@H](OC)[C@@H](OC(N)=O)[C@H]5O)c(C)c4oc3=O)c2)cc1. The number of aliphatic hydroxyl groups is 1. The van der Waals surface area contributed by atoms with E-state index in [0.29, 0.717) is 5.75 Å². The molecule has 3 aromatic carbocycles. The molecule has 4 aromatic rings. The number of nitrogens with one attached hydrogen (secondary N) is 1. The van der Waals surface area contributed by atoms with Crippen molar-refractivity contribution in [2.75, 3.05) is 19.5 Å². The summed E-state index contributed by atoms with van der Waals surface area (Å²) in [6.07, 6.45) is -6.08. The Morgan fingerprint density at radius 1 is 1.02 bits per heavy atom. The minimum Gasteiger partial charge on any atom is -0.505 e. The first kappa shape index (κ1) is 32.3. The van der Waals surface area contributed by atoms with Crippen molar-refractivity contribution in [1.29, 1.82) is 0 Å². The van der Waals surface area contributed by atoms with Gasteiger partial charge in [-0.3, -0.25) is 4.79 Å². The number of aryl methyl sites for hydroxylation is 1. The predicted octanol–water partition coefficient (Wildman–Crippen LogP) is 4.09. The second-order valence-electron chi connectivity index (χ2n) is 11.2. The predicted molar refractivity (Wildman–Crippen MR) is 166 cm³/mol. The molecule has 1 saturated heterocycles. The molecule has 0 unspecified atom stereocenters. The maximum absolute atomic E-state index is 13.2. The number of anilines is 1. The fourth-order valence-electron chi connectivity index (χ4n) is 5.48. The molecule has 0 spiro atoms. The molecule has 1 aromatic heterocycles. The minimum absolute atomic E-state index is 0.0243. The molecule has 1 fully saturated rings. The number of nitrogens with two attached hydrogens (primary N) is 1. The van der Waals surface area contributed by atoms with Crippen LogP contribution in [0.3, 0.4) is 0 Å². The summed E-state index contributed by atoms with van der Waals surface area (Å²) in [5.41, 5.74) is 4.79. The highest BCUT2D eigenvalue weighted by molar-refractivity contribution is 6.07. The lowest BCUT2D eigenvalue weighted by atomic mass is 9.89. The van der Waals surface area contributed by atoms with E-state index in [1.165, 1.54) is 19.2 Å². The van der Waals surface area contributed by atoms with Gasteiger partial charge in [0.2, 0.25) is 6.29 Å². The molecule has 0 bridgehead atoms. The molecule has 2 heterocycles. The van der Waals surface area contributed by atoms with E-state index in [4.69, 9.17) is 33.8 Å². The van der Waals surface area contributed by atoms with Crippen molar-refractivity contribution < 1.29 is 47.9 Å². The number of carbonyl (C=O) groups is 2. The molecule has 0 radical (unpaired) electrons. The second-order valence-corrected chi connectivity index (χ2v) is 11.2. The first-order valence-electron chi connectivity index (χ1n) is 14.2. The number of fused-ring (bicyclic) bond motifs is 1. The van der Waals surface area contributed by atoms with Crippen molar-refractivity contribution in [3.8, 4) is 28.4 Å². The summed E-state index contributed by atoms with van der Waals surface area (Å²) in [6, 6.07) is 17.0. The van der Waals surface area contributed by atoms with Gasteiger partial charge in [-0.1, -0.05) is 24.3 Å². The zero-order valence-corrected chi connectivity index (χ0v) is 25.7. The van der Waals surface area contributed by atoms with Gasteiger partial charge in [-0.25, -0.2) is 9.59 Å². The number of aromatic hydroxyl groups is 1. The van der Waals surface area contributed by atoms with Crippen LogP contribution in [-0.4, -0.2) is 66.6 Å². The highest BCUT2D eigenvalue weighted by Gasteiger charge is 2.53. The van der Waals surface area contributed by atoms with E-state index < -0.39 is 59.3 Å². The highest BCUT2D eigenvalue weighted by atomic mass is 16.7. The molecular weight excluding hydrogens is 600 g/mol. The van der Waals surface area contributed by atoms with Gasteiger partial charge in [0, 0.05) is 18.2 Å². The molecule has 5 rings (SSSR count). The Bertz CT molecular complexity index is 1830. The number of amides is 2. The number of benzene rings is 3. The zero-order chi connectivity index (χ0) is 33.3. The second kappa shape index (κ2) is 12.7. The van der Waals surface area contributed by atoms with E-state index in [1.807, 2.05) is 18.2 Å². The van der Waals surface area contributed by atoms with Gasteiger partial charge < -0.3 is 49.4 Å². The van der Waals surface area contributed by atoms with Gasteiger partial charge in [-0.15, -0.1) is 0 Å². The van der Waals surface area contributed by atoms with Crippen LogP contribution in [0.25, 0.3) is 22.1 Å². The van der Waals surface area contributed by atoms with E-state index in [-0.39, 0.29) is 27.8 Å². The topological polar surface area (TPSA) is 189 Å². The van der Waals surface area contributed by atoms with Gasteiger partial charge in [-0.05, 0) is 68.3 Å². The Morgan fingerprint density at radius 2 is 1.74 bits per heavy atom. The fraction of sp³-hybridized carbons (Fsp3) is 0.303. The van der Waals surface area contributed by atoms with Gasteiger partial charge in [0.05, 0.1) is 18.1 Å². The standard InChI is InChI=1S/C33H34N2O11/c1-16-22(43-31-25(37)27(45-32(34)40)28(42-5)33(2,3)46-31)14-13-21-24(36)23(30(39)44-26(16)21)35-29(38)19-8-6-7-18(15-19)17-9-11-20(41-4)12-10-17/h6-15,25,27-28,31,36-37H,1-5H3,(H2,34,40)(H,35,38)/t25-,27+,28-,31-/m1/s1. The van der Waals surface area contributed by atoms with Gasteiger partial charge in [-0.2, -0.15) is 0 Å². The molecule has 242 valence electrons.